The highest BCUT2D eigenvalue weighted by Gasteiger charge is 2.64. The lowest BCUT2D eigenvalue weighted by Crippen LogP contribution is -2.13. The van der Waals surface area contributed by atoms with E-state index in [1.807, 2.05) is 0 Å². The van der Waals surface area contributed by atoms with E-state index in [4.69, 9.17) is 5.84 Å². The molecular weight excluding hydrogens is 258 g/mol. The van der Waals surface area contributed by atoms with Gasteiger partial charge < -0.3 is 10.7 Å². The Labute approximate surface area is 118 Å². The van der Waals surface area contributed by atoms with E-state index in [0.717, 1.165) is 6.54 Å². The average Bonchev–Trinajstić information content (AvgIpc) is 2.76. The number of pyridine rings is 1. The molecule has 110 valence electrons. The molecule has 1 aromatic rings. The minimum Gasteiger partial charge on any atom is -0.369 e. The maximum Gasteiger partial charge on any atom is 0.276 e. The third-order valence-corrected chi connectivity index (χ3v) is 4.98. The Balaban J connectivity index is 2.11. The molecule has 1 fully saturated rings. The van der Waals surface area contributed by atoms with Gasteiger partial charge in [0.1, 0.15) is 11.6 Å². The molecule has 7 heteroatoms. The van der Waals surface area contributed by atoms with Crippen LogP contribution >= 0.6 is 0 Å². The molecule has 1 aromatic heterocycles. The van der Waals surface area contributed by atoms with Crippen molar-refractivity contribution in [2.24, 2.45) is 22.6 Å². The van der Waals surface area contributed by atoms with E-state index in [-0.39, 0.29) is 22.3 Å². The predicted octanol–water partition coefficient (Wildman–Crippen LogP) is 2.37. The number of nitrogens with zero attached hydrogens (tertiary/aromatic N) is 2. The maximum atomic E-state index is 10.9. The second-order valence-electron chi connectivity index (χ2n) is 6.37. The van der Waals surface area contributed by atoms with Gasteiger partial charge in [0.05, 0.1) is 17.1 Å². The van der Waals surface area contributed by atoms with Crippen molar-refractivity contribution >= 4 is 17.3 Å². The molecule has 1 aliphatic carbocycles. The smallest absolute Gasteiger partial charge is 0.276 e. The van der Waals surface area contributed by atoms with Crippen molar-refractivity contribution in [3.05, 3.63) is 22.2 Å². The summed E-state index contributed by atoms with van der Waals surface area (Å²) in [7, 11) is 0. The van der Waals surface area contributed by atoms with Crippen molar-refractivity contribution in [2.45, 2.75) is 27.7 Å². The Kier molecular flexibility index (Phi) is 3.33. The SMILES string of the molecule is CC1(C)C(CNc2cc([N+](=O)[O-])cc(NN)n2)C1(C)C. The van der Waals surface area contributed by atoms with Gasteiger partial charge in [-0.2, -0.15) is 0 Å². The molecule has 0 atom stereocenters. The normalized spacial score (nSPS) is 19.4. The maximum absolute atomic E-state index is 10.9. The van der Waals surface area contributed by atoms with Crippen LogP contribution in [0.25, 0.3) is 0 Å². The zero-order chi connectivity index (χ0) is 15.1. The van der Waals surface area contributed by atoms with Gasteiger partial charge in [0, 0.05) is 6.54 Å². The molecule has 0 spiro atoms. The van der Waals surface area contributed by atoms with Crippen LogP contribution in [0.4, 0.5) is 17.3 Å². The highest BCUT2D eigenvalue weighted by Crippen LogP contribution is 2.68. The van der Waals surface area contributed by atoms with Crippen LogP contribution in [0.5, 0.6) is 0 Å². The fourth-order valence-corrected chi connectivity index (χ4v) is 2.84. The largest absolute Gasteiger partial charge is 0.369 e. The number of hydrazine groups is 1. The first-order valence-electron chi connectivity index (χ1n) is 6.57. The molecule has 0 saturated heterocycles. The van der Waals surface area contributed by atoms with Crippen molar-refractivity contribution in [2.75, 3.05) is 17.3 Å². The first-order valence-corrected chi connectivity index (χ1v) is 6.57. The summed E-state index contributed by atoms with van der Waals surface area (Å²) in [5.41, 5.74) is 2.82. The Bertz CT molecular complexity index is 528. The third-order valence-electron chi connectivity index (χ3n) is 4.98. The van der Waals surface area contributed by atoms with E-state index in [1.54, 1.807) is 0 Å². The van der Waals surface area contributed by atoms with Gasteiger partial charge in [-0.15, -0.1) is 0 Å². The quantitative estimate of drug-likeness (QED) is 0.434. The van der Waals surface area contributed by atoms with Crippen LogP contribution in [-0.2, 0) is 0 Å². The van der Waals surface area contributed by atoms with Crippen molar-refractivity contribution in [3.63, 3.8) is 0 Å². The van der Waals surface area contributed by atoms with Gasteiger partial charge in [-0.1, -0.05) is 27.7 Å². The number of anilines is 2. The van der Waals surface area contributed by atoms with E-state index in [2.05, 4.69) is 43.4 Å². The number of nitrogen functional groups attached to an aromatic ring is 1. The molecule has 0 bridgehead atoms. The Morgan fingerprint density at radius 1 is 1.30 bits per heavy atom. The minimum atomic E-state index is -0.460. The summed E-state index contributed by atoms with van der Waals surface area (Å²) in [5.74, 6) is 6.52. The molecule has 1 aliphatic rings. The molecule has 20 heavy (non-hydrogen) atoms. The summed E-state index contributed by atoms with van der Waals surface area (Å²) in [4.78, 5) is 14.6. The second-order valence-corrected chi connectivity index (χ2v) is 6.37. The zero-order valence-electron chi connectivity index (χ0n) is 12.2. The molecule has 1 saturated carbocycles. The summed E-state index contributed by atoms with van der Waals surface area (Å²) in [6.07, 6.45) is 0. The zero-order valence-corrected chi connectivity index (χ0v) is 12.2. The topological polar surface area (TPSA) is 106 Å². The van der Waals surface area contributed by atoms with Gasteiger partial charge in [-0.05, 0) is 16.7 Å². The van der Waals surface area contributed by atoms with Gasteiger partial charge in [0.15, 0.2) is 0 Å². The van der Waals surface area contributed by atoms with Gasteiger partial charge in [0.25, 0.3) is 5.69 Å². The number of hydrogen-bond donors (Lipinski definition) is 3. The molecule has 2 rings (SSSR count). The number of nitrogens with one attached hydrogen (secondary N) is 2. The number of hydrogen-bond acceptors (Lipinski definition) is 6. The number of nitrogens with two attached hydrogens (primary N) is 1. The summed E-state index contributed by atoms with van der Waals surface area (Å²) in [6.45, 7) is 9.65. The van der Waals surface area contributed by atoms with Crippen LogP contribution in [0, 0.1) is 26.9 Å². The van der Waals surface area contributed by atoms with Crippen LogP contribution in [0.2, 0.25) is 0 Å². The number of aromatic nitrogens is 1. The highest BCUT2D eigenvalue weighted by molar-refractivity contribution is 5.54. The summed E-state index contributed by atoms with van der Waals surface area (Å²) in [5, 5.41) is 14.0. The predicted molar refractivity (Wildman–Crippen MR) is 78.2 cm³/mol. The third kappa shape index (κ3) is 2.29. The summed E-state index contributed by atoms with van der Waals surface area (Å²) in [6, 6.07) is 2.72. The Morgan fingerprint density at radius 2 is 1.85 bits per heavy atom. The first kappa shape index (κ1) is 14.5. The highest BCUT2D eigenvalue weighted by atomic mass is 16.6. The van der Waals surface area contributed by atoms with Gasteiger partial charge in [0.2, 0.25) is 0 Å². The van der Waals surface area contributed by atoms with Crippen LogP contribution < -0.4 is 16.6 Å². The van der Waals surface area contributed by atoms with Gasteiger partial charge >= 0.3 is 0 Å². The van der Waals surface area contributed by atoms with E-state index in [1.165, 1.54) is 12.1 Å². The number of rotatable bonds is 5. The molecular formula is C13H21N5O2. The van der Waals surface area contributed by atoms with Crippen LogP contribution in [0.15, 0.2) is 12.1 Å². The monoisotopic (exact) mass is 279 g/mol. The first-order chi connectivity index (χ1) is 9.20. The summed E-state index contributed by atoms with van der Waals surface area (Å²) < 4.78 is 0. The number of nitro groups is 1. The average molecular weight is 279 g/mol. The molecule has 0 radical (unpaired) electrons. The van der Waals surface area contributed by atoms with E-state index < -0.39 is 4.92 Å². The fourth-order valence-electron chi connectivity index (χ4n) is 2.84. The van der Waals surface area contributed by atoms with Gasteiger partial charge in [-0.3, -0.25) is 10.1 Å². The molecule has 0 amide bonds. The Morgan fingerprint density at radius 3 is 2.30 bits per heavy atom. The van der Waals surface area contributed by atoms with Crippen molar-refractivity contribution in [1.82, 2.24) is 4.98 Å². The lowest BCUT2D eigenvalue weighted by Gasteiger charge is -2.08. The lowest BCUT2D eigenvalue weighted by atomic mass is 10.0. The van der Waals surface area contributed by atoms with E-state index in [9.17, 15) is 10.1 Å². The van der Waals surface area contributed by atoms with Crippen LogP contribution in [0.3, 0.4) is 0 Å². The van der Waals surface area contributed by atoms with Crippen molar-refractivity contribution in [1.29, 1.82) is 0 Å². The summed E-state index contributed by atoms with van der Waals surface area (Å²) >= 11 is 0. The fraction of sp³-hybridized carbons (Fsp3) is 0.615. The lowest BCUT2D eigenvalue weighted by molar-refractivity contribution is -0.384. The minimum absolute atomic E-state index is 0.0373. The van der Waals surface area contributed by atoms with Crippen LogP contribution in [0.1, 0.15) is 27.7 Å². The van der Waals surface area contributed by atoms with Crippen molar-refractivity contribution in [3.8, 4) is 0 Å². The molecule has 1 heterocycles. The van der Waals surface area contributed by atoms with Gasteiger partial charge in [-0.25, -0.2) is 10.8 Å². The molecule has 4 N–H and O–H groups in total. The van der Waals surface area contributed by atoms with Crippen LogP contribution in [-0.4, -0.2) is 16.5 Å². The molecule has 0 aromatic carbocycles. The van der Waals surface area contributed by atoms with E-state index in [0.29, 0.717) is 11.7 Å². The second kappa shape index (κ2) is 4.59. The molecule has 7 nitrogen and oxygen atoms in total. The standard InChI is InChI=1S/C13H21N5O2/c1-12(2)9(13(12,3)4)7-15-10-5-8(18(19)20)6-11(16-10)17-14/h5-6,9H,7,14H2,1-4H3,(H2,15,16,17). The Hall–Kier alpha value is -1.89. The molecule has 0 unspecified atom stereocenters. The van der Waals surface area contributed by atoms with E-state index >= 15 is 0 Å². The van der Waals surface area contributed by atoms with Crippen molar-refractivity contribution < 1.29 is 4.92 Å². The molecule has 0 aliphatic heterocycles.